The minimum Gasteiger partial charge on any atom is -0.399 e. The van der Waals surface area contributed by atoms with E-state index in [-0.39, 0.29) is 29.2 Å². The van der Waals surface area contributed by atoms with Crippen LogP contribution in [0.15, 0.2) is 162 Å². The molecule has 0 saturated carbocycles. The Morgan fingerprint density at radius 3 is 1.23 bits per heavy atom. The predicted molar refractivity (Wildman–Crippen MR) is 224 cm³/mol. The van der Waals surface area contributed by atoms with Crippen LogP contribution in [0.2, 0.25) is 0 Å². The Morgan fingerprint density at radius 1 is 0.423 bits per heavy atom. The number of hydrogen-bond acceptors (Lipinski definition) is 2. The second kappa shape index (κ2) is 15.0. The van der Waals surface area contributed by atoms with Crippen molar-refractivity contribution >= 4 is 28.5 Å². The fourth-order valence-corrected chi connectivity index (χ4v) is 7.11. The van der Waals surface area contributed by atoms with Crippen LogP contribution in [-0.4, -0.2) is 18.3 Å². The van der Waals surface area contributed by atoms with Gasteiger partial charge in [0.2, 0.25) is 0 Å². The van der Waals surface area contributed by atoms with Crippen LogP contribution in [0.5, 0.6) is 0 Å². The number of halogens is 1. The third-order valence-electron chi connectivity index (χ3n) is 11.1. The summed E-state index contributed by atoms with van der Waals surface area (Å²) in [6.45, 7) is 17.4. The molecule has 0 atom stereocenters. The van der Waals surface area contributed by atoms with Crippen molar-refractivity contribution in [2.45, 2.75) is 77.4 Å². The summed E-state index contributed by atoms with van der Waals surface area (Å²) in [5, 5.41) is 0. The Morgan fingerprint density at radius 2 is 0.808 bits per heavy atom. The maximum atomic E-state index is 6.23. The van der Waals surface area contributed by atoms with E-state index in [1.165, 1.54) is 44.5 Å². The topological polar surface area (TPSA) is 18.5 Å². The maximum Gasteiger partial charge on any atom is 0.494 e. The molecule has 0 aromatic heterocycles. The summed E-state index contributed by atoms with van der Waals surface area (Å²) in [5.74, 6) is 0. The van der Waals surface area contributed by atoms with Gasteiger partial charge in [0.15, 0.2) is 0 Å². The predicted octanol–water partition coefficient (Wildman–Crippen LogP) is 12.4. The zero-order valence-corrected chi connectivity index (χ0v) is 33.4. The molecule has 0 unspecified atom stereocenters. The fraction of sp³-hybridized carbons (Fsp3) is 0.250. The first-order valence-electron chi connectivity index (χ1n) is 18.2. The first kappa shape index (κ1) is 37.5. The number of benzene rings is 6. The minimum absolute atomic E-state index is 0.0110. The molecule has 52 heavy (non-hydrogen) atoms. The molecule has 0 aliphatic carbocycles. The van der Waals surface area contributed by atoms with Gasteiger partial charge in [-0.1, -0.05) is 189 Å². The van der Waals surface area contributed by atoms with Crippen LogP contribution in [0, 0.1) is 0 Å². The fourth-order valence-electron chi connectivity index (χ4n) is 6.71. The lowest BCUT2D eigenvalue weighted by atomic mass is 9.77. The molecule has 7 rings (SSSR count). The summed E-state index contributed by atoms with van der Waals surface area (Å²) in [5.41, 5.74) is 10.5. The van der Waals surface area contributed by atoms with E-state index in [4.69, 9.17) is 9.31 Å². The Bertz CT molecular complexity index is 2070. The van der Waals surface area contributed by atoms with Crippen LogP contribution in [0.1, 0.15) is 77.6 Å². The molecule has 0 radical (unpaired) electrons. The van der Waals surface area contributed by atoms with Gasteiger partial charge in [0.1, 0.15) is 0 Å². The number of rotatable bonds is 7. The lowest BCUT2D eigenvalue weighted by Gasteiger charge is -2.32. The molecule has 1 saturated heterocycles. The highest BCUT2D eigenvalue weighted by molar-refractivity contribution is 9.10. The van der Waals surface area contributed by atoms with Gasteiger partial charge in [0.05, 0.1) is 11.2 Å². The zero-order chi connectivity index (χ0) is 37.1. The van der Waals surface area contributed by atoms with Gasteiger partial charge >= 0.3 is 7.12 Å². The zero-order valence-electron chi connectivity index (χ0n) is 31.8. The summed E-state index contributed by atoms with van der Waals surface area (Å²) in [6, 6.07) is 56.0. The monoisotopic (exact) mass is 748 g/mol. The average Bonchev–Trinajstić information content (AvgIpc) is 3.38. The molecule has 0 N–H and O–H groups in total. The van der Waals surface area contributed by atoms with E-state index in [0.29, 0.717) is 0 Å². The van der Waals surface area contributed by atoms with Crippen molar-refractivity contribution in [2.24, 2.45) is 0 Å². The molecular formula is C48H50BBrO2. The van der Waals surface area contributed by atoms with Crippen LogP contribution in [0.3, 0.4) is 0 Å². The van der Waals surface area contributed by atoms with Crippen LogP contribution >= 0.6 is 15.9 Å². The van der Waals surface area contributed by atoms with Crippen LogP contribution in [-0.2, 0) is 20.1 Å². The molecule has 2 nitrogen and oxygen atoms in total. The van der Waals surface area contributed by atoms with Gasteiger partial charge in [-0.15, -0.1) is 0 Å². The Labute approximate surface area is 320 Å². The Kier molecular flexibility index (Phi) is 10.8. The van der Waals surface area contributed by atoms with Gasteiger partial charge in [-0.3, -0.25) is 0 Å². The largest absolute Gasteiger partial charge is 0.494 e. The van der Waals surface area contributed by atoms with E-state index >= 15 is 0 Å². The first-order valence-corrected chi connectivity index (χ1v) is 19.0. The van der Waals surface area contributed by atoms with Gasteiger partial charge in [-0.2, -0.15) is 0 Å². The van der Waals surface area contributed by atoms with Gasteiger partial charge in [0.25, 0.3) is 0 Å². The van der Waals surface area contributed by atoms with Crippen LogP contribution < -0.4 is 5.46 Å². The molecule has 4 heteroatoms. The molecular weight excluding hydrogens is 699 g/mol. The van der Waals surface area contributed by atoms with Crippen molar-refractivity contribution in [3.05, 3.63) is 184 Å². The SMILES string of the molecule is CC(C)(c1ccccc1)c1ccc(-c2cccc(B3OC(C)(C)C(C)(C)O3)c2)cc1.CC(C)(c1ccccc1)c1ccc(-c2cccc(Br)c2)cc1. The van der Waals surface area contributed by atoms with Crippen molar-refractivity contribution in [2.75, 3.05) is 0 Å². The molecule has 0 bridgehead atoms. The lowest BCUT2D eigenvalue weighted by molar-refractivity contribution is 0.00578. The summed E-state index contributed by atoms with van der Waals surface area (Å²) in [4.78, 5) is 0. The normalized spacial score (nSPS) is 15.1. The molecule has 6 aromatic rings. The van der Waals surface area contributed by atoms with Crippen molar-refractivity contribution < 1.29 is 9.31 Å². The quantitative estimate of drug-likeness (QED) is 0.151. The molecule has 0 spiro atoms. The third kappa shape index (κ3) is 8.05. The first-order chi connectivity index (χ1) is 24.7. The van der Waals surface area contributed by atoms with Crippen molar-refractivity contribution in [3.63, 3.8) is 0 Å². The summed E-state index contributed by atoms with van der Waals surface area (Å²) in [6.07, 6.45) is 0. The van der Waals surface area contributed by atoms with Crippen LogP contribution in [0.4, 0.5) is 0 Å². The second-order valence-electron chi connectivity index (χ2n) is 15.9. The van der Waals surface area contributed by atoms with E-state index in [1.54, 1.807) is 0 Å². The van der Waals surface area contributed by atoms with Gasteiger partial charge in [0, 0.05) is 15.3 Å². The maximum absolute atomic E-state index is 6.23. The molecule has 1 aliphatic heterocycles. The van der Waals surface area contributed by atoms with Crippen molar-refractivity contribution in [1.82, 2.24) is 0 Å². The molecule has 1 fully saturated rings. The summed E-state index contributed by atoms with van der Waals surface area (Å²) < 4.78 is 13.6. The average molecular weight is 750 g/mol. The van der Waals surface area contributed by atoms with E-state index < -0.39 is 0 Å². The van der Waals surface area contributed by atoms with Gasteiger partial charge < -0.3 is 9.31 Å². The highest BCUT2D eigenvalue weighted by Gasteiger charge is 2.51. The Balaban J connectivity index is 0.000000187. The molecule has 1 heterocycles. The molecule has 6 aromatic carbocycles. The minimum atomic E-state index is -0.341. The van der Waals surface area contributed by atoms with E-state index in [9.17, 15) is 0 Å². The van der Waals surface area contributed by atoms with Gasteiger partial charge in [-0.25, -0.2) is 0 Å². The van der Waals surface area contributed by atoms with E-state index in [2.05, 4.69) is 229 Å². The standard InChI is InChI=1S/C27H31BO2.C21H19Br/c1-25(2,22-12-8-7-9-13-22)23-17-15-20(16-18-23)21-11-10-14-24(19-21)28-29-26(3,4)27(5,6)30-28;1-21(2,18-8-4-3-5-9-18)19-13-11-16(12-14-19)17-7-6-10-20(22)15-17/h7-19H,1-6H3;3-15H,1-2H3. The molecule has 1 aliphatic rings. The van der Waals surface area contributed by atoms with E-state index in [0.717, 1.165) is 9.94 Å². The van der Waals surface area contributed by atoms with Crippen molar-refractivity contribution in [3.8, 4) is 22.3 Å². The highest BCUT2D eigenvalue weighted by atomic mass is 79.9. The second-order valence-corrected chi connectivity index (χ2v) is 16.8. The smallest absolute Gasteiger partial charge is 0.399 e. The Hall–Kier alpha value is -4.22. The molecule has 264 valence electrons. The van der Waals surface area contributed by atoms with E-state index in [1.807, 2.05) is 0 Å². The van der Waals surface area contributed by atoms with Crippen LogP contribution in [0.25, 0.3) is 22.3 Å². The highest BCUT2D eigenvalue weighted by Crippen LogP contribution is 2.37. The lowest BCUT2D eigenvalue weighted by Crippen LogP contribution is -2.41. The summed E-state index contributed by atoms with van der Waals surface area (Å²) in [7, 11) is -0.341. The van der Waals surface area contributed by atoms with Gasteiger partial charge in [-0.05, 0) is 89.8 Å². The molecule has 0 amide bonds. The van der Waals surface area contributed by atoms with Crippen molar-refractivity contribution in [1.29, 1.82) is 0 Å². The summed E-state index contributed by atoms with van der Waals surface area (Å²) >= 11 is 3.54. The number of hydrogen-bond donors (Lipinski definition) is 0. The third-order valence-corrected chi connectivity index (χ3v) is 11.6.